The number of nitrogens with zero attached hydrogens (tertiary/aromatic N) is 1. The molecule has 0 aliphatic rings. The second-order valence-electron chi connectivity index (χ2n) is 5.23. The van der Waals surface area contributed by atoms with Gasteiger partial charge in [-0.1, -0.05) is 40.9 Å². The van der Waals surface area contributed by atoms with Gasteiger partial charge in [-0.05, 0) is 55.3 Å². The molecule has 0 saturated heterocycles. The number of hydrogen-bond acceptors (Lipinski definition) is 3. The number of carbonyl (C=O) groups is 1. The van der Waals surface area contributed by atoms with Crippen LogP contribution >= 0.6 is 34.8 Å². The van der Waals surface area contributed by atoms with Crippen molar-refractivity contribution in [2.24, 2.45) is 0 Å². The predicted molar refractivity (Wildman–Crippen MR) is 97.8 cm³/mol. The fraction of sp³-hybridized carbons (Fsp3) is 0.188. The molecule has 0 fully saturated rings. The monoisotopic (exact) mass is 405 g/mol. The molecule has 128 valence electrons. The number of carbonyl (C=O) groups excluding carboxylic acids is 1. The topological polar surface area (TPSA) is 54.5 Å². The Hall–Kier alpha value is -1.27. The summed E-state index contributed by atoms with van der Waals surface area (Å²) in [6.45, 7) is 3.16. The zero-order chi connectivity index (χ0) is 18.1. The zero-order valence-electron chi connectivity index (χ0n) is 12.9. The molecule has 0 aromatic heterocycles. The smallest absolute Gasteiger partial charge is 0.264 e. The molecule has 4 nitrogen and oxygen atoms in total. The SMILES string of the molecule is Cc1ccc(N(CC(=O)Cl)S(=O)(=O)c2ccc(Cl)c(Cl)c2)c(C)c1. The molecule has 2 aromatic rings. The molecule has 0 amide bonds. The second kappa shape index (κ2) is 7.31. The summed E-state index contributed by atoms with van der Waals surface area (Å²) in [6.07, 6.45) is 0. The van der Waals surface area contributed by atoms with Gasteiger partial charge in [0.2, 0.25) is 5.24 Å². The van der Waals surface area contributed by atoms with Crippen LogP contribution in [0.15, 0.2) is 41.3 Å². The molecule has 2 aromatic carbocycles. The van der Waals surface area contributed by atoms with Crippen molar-refractivity contribution in [3.8, 4) is 0 Å². The van der Waals surface area contributed by atoms with Crippen LogP contribution in [0.1, 0.15) is 11.1 Å². The van der Waals surface area contributed by atoms with Gasteiger partial charge in [0.1, 0.15) is 6.54 Å². The summed E-state index contributed by atoms with van der Waals surface area (Å²) in [7, 11) is -4.04. The fourth-order valence-corrected chi connectivity index (χ4v) is 4.33. The van der Waals surface area contributed by atoms with E-state index in [1.807, 2.05) is 13.0 Å². The van der Waals surface area contributed by atoms with Crippen molar-refractivity contribution >= 4 is 55.8 Å². The van der Waals surface area contributed by atoms with Crippen LogP contribution in [0.3, 0.4) is 0 Å². The average molecular weight is 407 g/mol. The highest BCUT2D eigenvalue weighted by atomic mass is 35.5. The molecule has 0 aliphatic carbocycles. The lowest BCUT2D eigenvalue weighted by molar-refractivity contribution is -0.110. The van der Waals surface area contributed by atoms with Crippen molar-refractivity contribution in [3.63, 3.8) is 0 Å². The van der Waals surface area contributed by atoms with E-state index in [-0.39, 0.29) is 14.9 Å². The molecule has 8 heteroatoms. The first-order valence-corrected chi connectivity index (χ1v) is 9.43. The van der Waals surface area contributed by atoms with Gasteiger partial charge >= 0.3 is 0 Å². The van der Waals surface area contributed by atoms with E-state index in [1.165, 1.54) is 18.2 Å². The van der Waals surface area contributed by atoms with Crippen molar-refractivity contribution in [2.45, 2.75) is 18.7 Å². The van der Waals surface area contributed by atoms with Crippen LogP contribution in [-0.2, 0) is 14.8 Å². The molecule has 0 heterocycles. The lowest BCUT2D eigenvalue weighted by Crippen LogP contribution is -2.35. The maximum absolute atomic E-state index is 13.0. The summed E-state index contributed by atoms with van der Waals surface area (Å²) >= 11 is 17.2. The maximum Gasteiger partial charge on any atom is 0.264 e. The molecular formula is C16H14Cl3NO3S. The quantitative estimate of drug-likeness (QED) is 0.683. The summed E-state index contributed by atoms with van der Waals surface area (Å²) in [5.74, 6) is 0. The van der Waals surface area contributed by atoms with E-state index in [0.29, 0.717) is 11.3 Å². The maximum atomic E-state index is 13.0. The Morgan fingerprint density at radius 2 is 1.71 bits per heavy atom. The van der Waals surface area contributed by atoms with Crippen molar-refractivity contribution in [2.75, 3.05) is 10.8 Å². The molecule has 0 bridgehead atoms. The first kappa shape index (κ1) is 19.1. The molecule has 2 rings (SSSR count). The summed E-state index contributed by atoms with van der Waals surface area (Å²) in [5.41, 5.74) is 2.05. The van der Waals surface area contributed by atoms with E-state index < -0.39 is 21.8 Å². The number of rotatable bonds is 5. The highest BCUT2D eigenvalue weighted by Gasteiger charge is 2.28. The normalized spacial score (nSPS) is 11.4. The highest BCUT2D eigenvalue weighted by molar-refractivity contribution is 7.92. The van der Waals surface area contributed by atoms with Gasteiger partial charge in [-0.25, -0.2) is 8.42 Å². The first-order valence-electron chi connectivity index (χ1n) is 6.86. The Morgan fingerprint density at radius 3 is 2.25 bits per heavy atom. The van der Waals surface area contributed by atoms with E-state index in [1.54, 1.807) is 19.1 Å². The van der Waals surface area contributed by atoms with Crippen LogP contribution in [0.25, 0.3) is 0 Å². The lowest BCUT2D eigenvalue weighted by Gasteiger charge is -2.25. The molecule has 0 unspecified atom stereocenters. The van der Waals surface area contributed by atoms with Crippen LogP contribution in [-0.4, -0.2) is 20.2 Å². The van der Waals surface area contributed by atoms with Crippen LogP contribution in [0.5, 0.6) is 0 Å². The van der Waals surface area contributed by atoms with Gasteiger partial charge in [0.15, 0.2) is 0 Å². The number of hydrogen-bond donors (Lipinski definition) is 0. The Bertz CT molecular complexity index is 897. The zero-order valence-corrected chi connectivity index (χ0v) is 16.0. The van der Waals surface area contributed by atoms with Crippen molar-refractivity contribution in [1.82, 2.24) is 0 Å². The Kier molecular flexibility index (Phi) is 5.81. The minimum atomic E-state index is -4.04. The third kappa shape index (κ3) is 4.03. The van der Waals surface area contributed by atoms with E-state index in [0.717, 1.165) is 9.87 Å². The van der Waals surface area contributed by atoms with Crippen molar-refractivity contribution < 1.29 is 13.2 Å². The van der Waals surface area contributed by atoms with Gasteiger partial charge in [-0.2, -0.15) is 0 Å². The molecule has 24 heavy (non-hydrogen) atoms. The van der Waals surface area contributed by atoms with E-state index in [2.05, 4.69) is 0 Å². The van der Waals surface area contributed by atoms with Crippen LogP contribution in [0.4, 0.5) is 5.69 Å². The van der Waals surface area contributed by atoms with E-state index in [9.17, 15) is 13.2 Å². The number of aryl methyl sites for hydroxylation is 2. The minimum absolute atomic E-state index is 0.0743. The summed E-state index contributed by atoms with van der Waals surface area (Å²) in [6, 6.07) is 9.19. The third-order valence-electron chi connectivity index (χ3n) is 3.37. The average Bonchev–Trinajstić information content (AvgIpc) is 2.48. The van der Waals surface area contributed by atoms with Gasteiger partial charge in [0.25, 0.3) is 10.0 Å². The van der Waals surface area contributed by atoms with Crippen LogP contribution in [0.2, 0.25) is 10.0 Å². The Labute approximate surface area is 156 Å². The summed E-state index contributed by atoms with van der Waals surface area (Å²) < 4.78 is 26.9. The molecule has 0 radical (unpaired) electrons. The van der Waals surface area contributed by atoms with Crippen molar-refractivity contribution in [3.05, 3.63) is 57.6 Å². The Morgan fingerprint density at radius 1 is 1.04 bits per heavy atom. The number of sulfonamides is 1. The van der Waals surface area contributed by atoms with E-state index in [4.69, 9.17) is 34.8 Å². The molecule has 0 aliphatic heterocycles. The van der Waals surface area contributed by atoms with Crippen LogP contribution in [0, 0.1) is 13.8 Å². The standard InChI is InChI=1S/C16H14Cl3NO3S/c1-10-3-6-15(11(2)7-10)20(9-16(19)21)24(22,23)12-4-5-13(17)14(18)8-12/h3-8H,9H2,1-2H3. The second-order valence-corrected chi connectivity index (χ2v) is 8.33. The van der Waals surface area contributed by atoms with Gasteiger partial charge in [0, 0.05) is 0 Å². The Balaban J connectivity index is 2.61. The number of benzene rings is 2. The lowest BCUT2D eigenvalue weighted by atomic mass is 10.1. The molecular weight excluding hydrogens is 393 g/mol. The number of anilines is 1. The molecule has 0 N–H and O–H groups in total. The molecule has 0 saturated carbocycles. The molecule has 0 atom stereocenters. The predicted octanol–water partition coefficient (Wildman–Crippen LogP) is 4.57. The largest absolute Gasteiger partial charge is 0.279 e. The molecule has 0 spiro atoms. The summed E-state index contributed by atoms with van der Waals surface area (Å²) in [5, 5.41) is -0.448. The van der Waals surface area contributed by atoms with Crippen molar-refractivity contribution in [1.29, 1.82) is 0 Å². The fourth-order valence-electron chi connectivity index (χ4n) is 2.26. The first-order chi connectivity index (χ1) is 11.1. The van der Waals surface area contributed by atoms with Gasteiger partial charge in [-0.15, -0.1) is 0 Å². The number of halogens is 3. The minimum Gasteiger partial charge on any atom is -0.279 e. The third-order valence-corrected chi connectivity index (χ3v) is 5.98. The van der Waals surface area contributed by atoms with Gasteiger partial charge in [0.05, 0.1) is 20.6 Å². The van der Waals surface area contributed by atoms with Gasteiger partial charge < -0.3 is 0 Å². The summed E-state index contributed by atoms with van der Waals surface area (Å²) in [4.78, 5) is 11.3. The van der Waals surface area contributed by atoms with Crippen LogP contribution < -0.4 is 4.31 Å². The van der Waals surface area contributed by atoms with Gasteiger partial charge in [-0.3, -0.25) is 9.10 Å². The highest BCUT2D eigenvalue weighted by Crippen LogP contribution is 2.31. The van der Waals surface area contributed by atoms with E-state index >= 15 is 0 Å².